The summed E-state index contributed by atoms with van der Waals surface area (Å²) in [5, 5.41) is 17.5. The number of nitriles is 2. The van der Waals surface area contributed by atoms with Crippen LogP contribution in [-0.2, 0) is 4.74 Å². The van der Waals surface area contributed by atoms with Crippen LogP contribution in [0.4, 0.5) is 0 Å². The molecule has 0 aromatic heterocycles. The zero-order valence-corrected chi connectivity index (χ0v) is 8.46. The van der Waals surface area contributed by atoms with Gasteiger partial charge in [0.2, 0.25) is 6.19 Å². The maximum atomic E-state index is 8.47. The molecule has 0 aromatic rings. The smallest absolute Gasteiger partial charge is 0.208 e. The molecule has 0 saturated carbocycles. The first-order valence-corrected chi connectivity index (χ1v) is 5.16. The van der Waals surface area contributed by atoms with Gasteiger partial charge in [0.1, 0.15) is 0 Å². The molecular weight excluding hydrogens is 200 g/mol. The molecule has 74 valence electrons. The highest BCUT2D eigenvalue weighted by Crippen LogP contribution is 2.10. The van der Waals surface area contributed by atoms with Crippen LogP contribution in [0.1, 0.15) is 0 Å². The first kappa shape index (κ1) is 10.8. The van der Waals surface area contributed by atoms with Gasteiger partial charge in [0.25, 0.3) is 0 Å². The Morgan fingerprint density at radius 1 is 1.43 bits per heavy atom. The summed E-state index contributed by atoms with van der Waals surface area (Å²) in [4.78, 5) is 5.66. The van der Waals surface area contributed by atoms with Crippen LogP contribution < -0.4 is 0 Å². The number of amidine groups is 1. The van der Waals surface area contributed by atoms with Crippen LogP contribution in [0.2, 0.25) is 0 Å². The molecule has 1 heterocycles. The molecule has 1 rings (SSSR count). The number of hydrogen-bond donors (Lipinski definition) is 0. The van der Waals surface area contributed by atoms with Crippen molar-refractivity contribution < 1.29 is 4.74 Å². The third kappa shape index (κ3) is 3.25. The van der Waals surface area contributed by atoms with Crippen molar-refractivity contribution in [2.24, 2.45) is 4.99 Å². The lowest BCUT2D eigenvalue weighted by atomic mass is 10.5. The molecule has 1 aliphatic rings. The van der Waals surface area contributed by atoms with Gasteiger partial charge in [0.05, 0.1) is 25.0 Å². The van der Waals surface area contributed by atoms with Gasteiger partial charge in [-0.05, 0) is 0 Å². The fraction of sp³-hybridized carbons (Fsp3) is 0.625. The van der Waals surface area contributed by atoms with Crippen molar-refractivity contribution in [2.75, 3.05) is 32.1 Å². The topological polar surface area (TPSA) is 72.4 Å². The van der Waals surface area contributed by atoms with Crippen molar-refractivity contribution >= 4 is 16.9 Å². The highest BCUT2D eigenvalue weighted by Gasteiger charge is 2.15. The van der Waals surface area contributed by atoms with Crippen molar-refractivity contribution in [1.82, 2.24) is 4.90 Å². The van der Waals surface area contributed by atoms with E-state index in [4.69, 9.17) is 15.3 Å². The second-order valence-corrected chi connectivity index (χ2v) is 3.48. The van der Waals surface area contributed by atoms with Crippen molar-refractivity contribution in [3.8, 4) is 12.3 Å². The van der Waals surface area contributed by atoms with Crippen LogP contribution >= 0.6 is 11.8 Å². The number of hydrogen-bond acceptors (Lipinski definition) is 5. The largest absolute Gasteiger partial charge is 0.378 e. The lowest BCUT2D eigenvalue weighted by Gasteiger charge is -2.28. The molecule has 0 N–H and O–H groups in total. The Morgan fingerprint density at radius 3 is 2.71 bits per heavy atom. The summed E-state index contributed by atoms with van der Waals surface area (Å²) in [5.41, 5.74) is 0. The lowest BCUT2D eigenvalue weighted by Crippen LogP contribution is -2.39. The highest BCUT2D eigenvalue weighted by molar-refractivity contribution is 8.13. The maximum Gasteiger partial charge on any atom is 0.208 e. The molecule has 0 bridgehead atoms. The molecule has 0 aliphatic carbocycles. The van der Waals surface area contributed by atoms with E-state index in [2.05, 4.69) is 4.99 Å². The number of rotatable bonds is 1. The fourth-order valence-corrected chi connectivity index (χ4v) is 1.75. The predicted molar refractivity (Wildman–Crippen MR) is 53.5 cm³/mol. The van der Waals surface area contributed by atoms with E-state index < -0.39 is 0 Å². The summed E-state index contributed by atoms with van der Waals surface area (Å²) in [5.74, 6) is 0.317. The van der Waals surface area contributed by atoms with E-state index in [0.717, 1.165) is 13.1 Å². The summed E-state index contributed by atoms with van der Waals surface area (Å²) in [6, 6.07) is 2.01. The molecule has 1 aliphatic heterocycles. The third-order valence-corrected chi connectivity index (χ3v) is 2.57. The Kier molecular flexibility index (Phi) is 4.84. The van der Waals surface area contributed by atoms with Crippen LogP contribution in [0.3, 0.4) is 0 Å². The molecule has 0 amide bonds. The van der Waals surface area contributed by atoms with Gasteiger partial charge >= 0.3 is 0 Å². The summed E-state index contributed by atoms with van der Waals surface area (Å²) in [6.45, 7) is 2.77. The zero-order valence-electron chi connectivity index (χ0n) is 7.64. The lowest BCUT2D eigenvalue weighted by molar-refractivity contribution is 0.0694. The van der Waals surface area contributed by atoms with Gasteiger partial charge in [-0.1, -0.05) is 11.8 Å². The van der Waals surface area contributed by atoms with Gasteiger partial charge in [-0.15, -0.1) is 4.99 Å². The Bertz CT molecular complexity index is 285. The van der Waals surface area contributed by atoms with E-state index in [-0.39, 0.29) is 0 Å². The molecule has 6 heteroatoms. The quantitative estimate of drug-likeness (QED) is 0.356. The Labute approximate surface area is 87.0 Å². The first-order chi connectivity index (χ1) is 6.88. The second kappa shape index (κ2) is 6.25. The van der Waals surface area contributed by atoms with Gasteiger partial charge in [-0.2, -0.15) is 10.5 Å². The van der Waals surface area contributed by atoms with Crippen molar-refractivity contribution in [3.63, 3.8) is 0 Å². The van der Waals surface area contributed by atoms with Gasteiger partial charge < -0.3 is 9.64 Å². The molecule has 0 radical (unpaired) electrons. The van der Waals surface area contributed by atoms with E-state index >= 15 is 0 Å². The zero-order chi connectivity index (χ0) is 10.2. The van der Waals surface area contributed by atoms with Gasteiger partial charge in [0, 0.05) is 13.1 Å². The molecule has 0 unspecified atom stereocenters. The average molecular weight is 210 g/mol. The molecule has 1 fully saturated rings. The van der Waals surface area contributed by atoms with Gasteiger partial charge in [0.15, 0.2) is 5.17 Å². The van der Waals surface area contributed by atoms with E-state index in [1.807, 2.05) is 11.0 Å². The number of nitrogens with zero attached hydrogens (tertiary/aromatic N) is 4. The molecule has 0 aromatic carbocycles. The second-order valence-electron chi connectivity index (χ2n) is 2.54. The maximum absolute atomic E-state index is 8.47. The molecule has 0 spiro atoms. The minimum absolute atomic E-state index is 0.317. The van der Waals surface area contributed by atoms with E-state index in [1.165, 1.54) is 11.8 Å². The summed E-state index contributed by atoms with van der Waals surface area (Å²) < 4.78 is 5.18. The predicted octanol–water partition coefficient (Wildman–Crippen LogP) is 0.412. The van der Waals surface area contributed by atoms with Crippen molar-refractivity contribution in [2.45, 2.75) is 0 Å². The van der Waals surface area contributed by atoms with Crippen LogP contribution in [0.5, 0.6) is 0 Å². The average Bonchev–Trinajstić information content (AvgIpc) is 2.25. The first-order valence-electron chi connectivity index (χ1n) is 4.17. The van der Waals surface area contributed by atoms with E-state index in [9.17, 15) is 0 Å². The summed E-state index contributed by atoms with van der Waals surface area (Å²) >= 11 is 1.29. The minimum atomic E-state index is 0.317. The van der Waals surface area contributed by atoms with Crippen LogP contribution in [-0.4, -0.2) is 42.1 Å². The van der Waals surface area contributed by atoms with Crippen LogP contribution in [0, 0.1) is 22.8 Å². The summed E-state index contributed by atoms with van der Waals surface area (Å²) in [7, 11) is 0. The third-order valence-electron chi connectivity index (χ3n) is 1.69. The molecule has 14 heavy (non-hydrogen) atoms. The molecule has 0 atom stereocenters. The van der Waals surface area contributed by atoms with Crippen LogP contribution in [0.25, 0.3) is 0 Å². The minimum Gasteiger partial charge on any atom is -0.378 e. The van der Waals surface area contributed by atoms with Crippen molar-refractivity contribution in [3.05, 3.63) is 0 Å². The molecule has 1 saturated heterocycles. The summed E-state index contributed by atoms with van der Waals surface area (Å²) in [6.07, 6.45) is 1.75. The number of thioether (sulfide) groups is 1. The Morgan fingerprint density at radius 2 is 2.14 bits per heavy atom. The van der Waals surface area contributed by atoms with Crippen LogP contribution in [0.15, 0.2) is 4.99 Å². The molecular formula is C8H10N4OS. The van der Waals surface area contributed by atoms with E-state index in [1.54, 1.807) is 6.19 Å². The number of aliphatic imine (C=N–C) groups is 1. The van der Waals surface area contributed by atoms with E-state index in [0.29, 0.717) is 24.1 Å². The van der Waals surface area contributed by atoms with Crippen molar-refractivity contribution in [1.29, 1.82) is 10.5 Å². The molecule has 5 nitrogen and oxygen atoms in total. The monoisotopic (exact) mass is 210 g/mol. The SMILES string of the molecule is N#CCS/C(=N\C#N)N1CCOCC1. The van der Waals surface area contributed by atoms with Gasteiger partial charge in [-0.3, -0.25) is 0 Å². The number of ether oxygens (including phenoxy) is 1. The van der Waals surface area contributed by atoms with Gasteiger partial charge in [-0.25, -0.2) is 0 Å². The Balaban J connectivity index is 2.54. The standard InChI is InChI=1S/C8H10N4OS/c9-1-6-14-8(11-7-10)12-2-4-13-5-3-12/h2-6H2/b11-8-. The fourth-order valence-electron chi connectivity index (χ4n) is 1.09. The highest BCUT2D eigenvalue weighted by atomic mass is 32.2. The normalized spacial score (nSPS) is 17.3. The Hall–Kier alpha value is -1.24. The number of morpholine rings is 1.